The van der Waals surface area contributed by atoms with Gasteiger partial charge < -0.3 is 24.8 Å². The number of rotatable bonds is 7. The number of carbonyl (C=O) groups excluding carboxylic acids is 1. The lowest BCUT2D eigenvalue weighted by atomic mass is 10.1. The summed E-state index contributed by atoms with van der Waals surface area (Å²) in [5.41, 5.74) is 1.75. The third kappa shape index (κ3) is 5.79. The van der Waals surface area contributed by atoms with Crippen LogP contribution in [0.25, 0.3) is 10.9 Å². The number of nitrogens with one attached hydrogen (secondary N) is 2. The normalized spacial score (nSPS) is 10.5. The number of thiocarbonyl (C=S) groups is 1. The first kappa shape index (κ1) is 23.8. The number of benzene rings is 3. The molecule has 0 spiro atoms. The molecule has 10 heteroatoms. The first-order chi connectivity index (χ1) is 17.0. The molecule has 3 aromatic carbocycles. The summed E-state index contributed by atoms with van der Waals surface area (Å²) in [6.45, 7) is 0. The molecule has 0 fully saturated rings. The highest BCUT2D eigenvalue weighted by molar-refractivity contribution is 7.80. The Morgan fingerprint density at radius 1 is 0.971 bits per heavy atom. The van der Waals surface area contributed by atoms with E-state index in [1.165, 1.54) is 32.7 Å². The molecular formula is C25H21FN4O4S. The summed E-state index contributed by atoms with van der Waals surface area (Å²) < 4.78 is 31.2. The largest absolute Gasteiger partial charge is 0.493 e. The Morgan fingerprint density at radius 3 is 2.43 bits per heavy atom. The first-order valence-electron chi connectivity index (χ1n) is 10.5. The van der Waals surface area contributed by atoms with Crippen LogP contribution in [0.3, 0.4) is 0 Å². The number of hydrogen-bond acceptors (Lipinski definition) is 7. The molecule has 0 aliphatic rings. The number of fused-ring (bicyclic) bond motifs is 1. The van der Waals surface area contributed by atoms with Gasteiger partial charge in [-0.1, -0.05) is 30.3 Å². The van der Waals surface area contributed by atoms with Crippen LogP contribution in [0.1, 0.15) is 5.56 Å². The summed E-state index contributed by atoms with van der Waals surface area (Å²) in [7, 11) is 3.03. The van der Waals surface area contributed by atoms with Crippen LogP contribution in [-0.2, 0) is 11.2 Å². The zero-order chi connectivity index (χ0) is 24.8. The van der Waals surface area contributed by atoms with Gasteiger partial charge in [-0.2, -0.15) is 0 Å². The van der Waals surface area contributed by atoms with Crippen LogP contribution in [0, 0.1) is 5.82 Å². The zero-order valence-electron chi connectivity index (χ0n) is 18.9. The Balaban J connectivity index is 1.45. The van der Waals surface area contributed by atoms with Crippen molar-refractivity contribution in [3.63, 3.8) is 0 Å². The SMILES string of the molecule is COc1cc2ncnc(Oc3ccc(NC(=S)NC(=O)Cc4ccccc4)cc3F)c2cc1OC. The average Bonchev–Trinajstić information content (AvgIpc) is 2.85. The van der Waals surface area contributed by atoms with E-state index in [0.717, 1.165) is 5.56 Å². The van der Waals surface area contributed by atoms with E-state index >= 15 is 0 Å². The van der Waals surface area contributed by atoms with Gasteiger partial charge in [0.05, 0.1) is 31.5 Å². The average molecular weight is 493 g/mol. The number of anilines is 1. The van der Waals surface area contributed by atoms with Crippen LogP contribution < -0.4 is 24.8 Å². The molecule has 1 aromatic heterocycles. The third-order valence-corrected chi connectivity index (χ3v) is 5.17. The first-order valence-corrected chi connectivity index (χ1v) is 10.9. The Kier molecular flexibility index (Phi) is 7.32. The number of nitrogens with zero attached hydrogens (tertiary/aromatic N) is 2. The molecule has 0 saturated carbocycles. The van der Waals surface area contributed by atoms with Crippen molar-refractivity contribution in [1.82, 2.24) is 15.3 Å². The molecule has 0 aliphatic carbocycles. The maximum absolute atomic E-state index is 14.8. The quantitative estimate of drug-likeness (QED) is 0.361. The lowest BCUT2D eigenvalue weighted by molar-refractivity contribution is -0.119. The van der Waals surface area contributed by atoms with Crippen LogP contribution >= 0.6 is 12.2 Å². The summed E-state index contributed by atoms with van der Waals surface area (Å²) in [6, 6.07) is 16.8. The van der Waals surface area contributed by atoms with Gasteiger partial charge in [-0.15, -0.1) is 0 Å². The summed E-state index contributed by atoms with van der Waals surface area (Å²) in [4.78, 5) is 20.5. The topological polar surface area (TPSA) is 94.6 Å². The van der Waals surface area contributed by atoms with Gasteiger partial charge >= 0.3 is 0 Å². The number of hydrogen-bond donors (Lipinski definition) is 2. The fraction of sp³-hybridized carbons (Fsp3) is 0.120. The maximum atomic E-state index is 14.8. The molecule has 4 aromatic rings. The van der Waals surface area contributed by atoms with Crippen LogP contribution in [0.4, 0.5) is 10.1 Å². The maximum Gasteiger partial charge on any atom is 0.230 e. The Labute approximate surface area is 206 Å². The molecule has 178 valence electrons. The summed E-state index contributed by atoms with van der Waals surface area (Å²) in [5, 5.41) is 5.96. The zero-order valence-corrected chi connectivity index (χ0v) is 19.7. The van der Waals surface area contributed by atoms with E-state index in [1.54, 1.807) is 18.2 Å². The molecular weight excluding hydrogens is 471 g/mol. The molecule has 1 heterocycles. The molecule has 2 N–H and O–H groups in total. The van der Waals surface area contributed by atoms with E-state index in [2.05, 4.69) is 20.6 Å². The molecule has 0 aliphatic heterocycles. The van der Waals surface area contributed by atoms with Crippen molar-refractivity contribution >= 4 is 39.8 Å². The van der Waals surface area contributed by atoms with E-state index in [1.807, 2.05) is 30.3 Å². The van der Waals surface area contributed by atoms with E-state index in [4.69, 9.17) is 26.4 Å². The predicted octanol–water partition coefficient (Wildman–Crippen LogP) is 4.63. The van der Waals surface area contributed by atoms with Gasteiger partial charge in [0.1, 0.15) is 6.33 Å². The fourth-order valence-electron chi connectivity index (χ4n) is 3.32. The highest BCUT2D eigenvalue weighted by Gasteiger charge is 2.15. The van der Waals surface area contributed by atoms with Crippen LogP contribution in [0.5, 0.6) is 23.1 Å². The number of carbonyl (C=O) groups is 1. The van der Waals surface area contributed by atoms with Gasteiger partial charge in [-0.25, -0.2) is 14.4 Å². The smallest absolute Gasteiger partial charge is 0.230 e. The Bertz CT molecular complexity index is 1390. The third-order valence-electron chi connectivity index (χ3n) is 4.96. The molecule has 1 amide bonds. The second kappa shape index (κ2) is 10.7. The van der Waals surface area contributed by atoms with Gasteiger partial charge in [-0.3, -0.25) is 4.79 Å². The lowest BCUT2D eigenvalue weighted by Crippen LogP contribution is -2.35. The molecule has 4 rings (SSSR count). The van der Waals surface area contributed by atoms with E-state index in [-0.39, 0.29) is 29.1 Å². The second-order valence-corrected chi connectivity index (χ2v) is 7.72. The van der Waals surface area contributed by atoms with Crippen molar-refractivity contribution in [2.45, 2.75) is 6.42 Å². The Morgan fingerprint density at radius 2 is 1.71 bits per heavy atom. The summed E-state index contributed by atoms with van der Waals surface area (Å²) >= 11 is 5.17. The molecule has 0 saturated heterocycles. The van der Waals surface area contributed by atoms with Crippen molar-refractivity contribution < 1.29 is 23.4 Å². The van der Waals surface area contributed by atoms with Gasteiger partial charge in [0.2, 0.25) is 11.8 Å². The minimum absolute atomic E-state index is 0.0515. The standard InChI is InChI=1S/C25H21FN4O4S/c1-32-21-12-17-19(13-22(21)33-2)27-14-28-24(17)34-20-9-8-16(11-18(20)26)29-25(35)30-23(31)10-15-6-4-3-5-7-15/h3-9,11-14H,10H2,1-2H3,(H2,29,30,31,35). The Hall–Kier alpha value is -4.31. The van der Waals surface area contributed by atoms with Gasteiger partial charge in [0.25, 0.3) is 0 Å². The minimum atomic E-state index is -0.652. The number of aromatic nitrogens is 2. The second-order valence-electron chi connectivity index (χ2n) is 7.32. The van der Waals surface area contributed by atoms with Crippen molar-refractivity contribution in [2.75, 3.05) is 19.5 Å². The van der Waals surface area contributed by atoms with E-state index in [9.17, 15) is 9.18 Å². The molecule has 0 radical (unpaired) electrons. The van der Waals surface area contributed by atoms with Crippen molar-refractivity contribution in [3.05, 3.63) is 78.4 Å². The monoisotopic (exact) mass is 492 g/mol. The minimum Gasteiger partial charge on any atom is -0.493 e. The van der Waals surface area contributed by atoms with Crippen LogP contribution in [0.15, 0.2) is 67.0 Å². The number of methoxy groups -OCH3 is 2. The van der Waals surface area contributed by atoms with E-state index in [0.29, 0.717) is 28.1 Å². The number of halogens is 1. The van der Waals surface area contributed by atoms with Gasteiger partial charge in [-0.05, 0) is 36.0 Å². The van der Waals surface area contributed by atoms with Gasteiger partial charge in [0.15, 0.2) is 28.2 Å². The molecule has 0 unspecified atom stereocenters. The fourth-order valence-corrected chi connectivity index (χ4v) is 3.55. The van der Waals surface area contributed by atoms with Crippen molar-refractivity contribution in [2.24, 2.45) is 0 Å². The predicted molar refractivity (Wildman–Crippen MR) is 134 cm³/mol. The highest BCUT2D eigenvalue weighted by Crippen LogP contribution is 2.36. The lowest BCUT2D eigenvalue weighted by Gasteiger charge is -2.13. The number of amides is 1. The molecule has 0 atom stereocenters. The van der Waals surface area contributed by atoms with Gasteiger partial charge in [0, 0.05) is 17.8 Å². The van der Waals surface area contributed by atoms with Crippen LogP contribution in [0.2, 0.25) is 0 Å². The van der Waals surface area contributed by atoms with Crippen molar-refractivity contribution in [3.8, 4) is 23.1 Å². The number of ether oxygens (including phenoxy) is 3. The highest BCUT2D eigenvalue weighted by atomic mass is 32.1. The summed E-state index contributed by atoms with van der Waals surface area (Å²) in [6.07, 6.45) is 1.49. The molecule has 0 bridgehead atoms. The van der Waals surface area contributed by atoms with Crippen molar-refractivity contribution in [1.29, 1.82) is 0 Å². The van der Waals surface area contributed by atoms with E-state index < -0.39 is 5.82 Å². The molecule has 8 nitrogen and oxygen atoms in total. The molecule has 35 heavy (non-hydrogen) atoms. The summed E-state index contributed by atoms with van der Waals surface area (Å²) in [5.74, 6) is 0.127. The van der Waals surface area contributed by atoms with Crippen LogP contribution in [-0.4, -0.2) is 35.2 Å².